The van der Waals surface area contributed by atoms with Gasteiger partial charge in [0, 0.05) is 18.9 Å². The molecular formula is C12H18N2O. The molecule has 0 radical (unpaired) electrons. The van der Waals surface area contributed by atoms with Gasteiger partial charge >= 0.3 is 0 Å². The number of aliphatic hydroxyl groups excluding tert-OH is 1. The largest absolute Gasteiger partial charge is 0.387 e. The molecule has 1 aromatic heterocycles. The maximum Gasteiger partial charge on any atom is 0.0918 e. The SMILES string of the molecule is O[C@@H](CN1CCCCC1)c1ccncc1. The van der Waals surface area contributed by atoms with Crippen molar-refractivity contribution >= 4 is 0 Å². The van der Waals surface area contributed by atoms with Crippen LogP contribution in [0.5, 0.6) is 0 Å². The van der Waals surface area contributed by atoms with E-state index in [0.29, 0.717) is 0 Å². The number of aliphatic hydroxyl groups is 1. The van der Waals surface area contributed by atoms with Gasteiger partial charge in [-0.3, -0.25) is 4.98 Å². The second-order valence-corrected chi connectivity index (χ2v) is 4.16. The monoisotopic (exact) mass is 206 g/mol. The summed E-state index contributed by atoms with van der Waals surface area (Å²) < 4.78 is 0. The van der Waals surface area contributed by atoms with Gasteiger partial charge in [-0.25, -0.2) is 0 Å². The first kappa shape index (κ1) is 10.6. The van der Waals surface area contributed by atoms with Crippen LogP contribution < -0.4 is 0 Å². The second-order valence-electron chi connectivity index (χ2n) is 4.16. The first-order valence-electron chi connectivity index (χ1n) is 5.66. The van der Waals surface area contributed by atoms with Crippen molar-refractivity contribution in [2.24, 2.45) is 0 Å². The van der Waals surface area contributed by atoms with Crippen LogP contribution in [0.25, 0.3) is 0 Å². The molecule has 0 bridgehead atoms. The van der Waals surface area contributed by atoms with Crippen molar-refractivity contribution in [3.63, 3.8) is 0 Å². The number of likely N-dealkylation sites (tertiary alicyclic amines) is 1. The summed E-state index contributed by atoms with van der Waals surface area (Å²) in [7, 11) is 0. The van der Waals surface area contributed by atoms with Crippen molar-refractivity contribution in [1.29, 1.82) is 0 Å². The van der Waals surface area contributed by atoms with Crippen molar-refractivity contribution in [3.05, 3.63) is 30.1 Å². The highest BCUT2D eigenvalue weighted by molar-refractivity contribution is 5.13. The van der Waals surface area contributed by atoms with Crippen LogP contribution in [0.4, 0.5) is 0 Å². The molecule has 0 saturated carbocycles. The minimum Gasteiger partial charge on any atom is -0.387 e. The lowest BCUT2D eigenvalue weighted by atomic mass is 10.1. The zero-order chi connectivity index (χ0) is 10.5. The lowest BCUT2D eigenvalue weighted by molar-refractivity contribution is 0.101. The minimum atomic E-state index is -0.369. The molecule has 1 saturated heterocycles. The Morgan fingerprint density at radius 2 is 1.87 bits per heavy atom. The van der Waals surface area contributed by atoms with Gasteiger partial charge in [0.2, 0.25) is 0 Å². The molecule has 0 aliphatic carbocycles. The van der Waals surface area contributed by atoms with Crippen LogP contribution in [0.1, 0.15) is 30.9 Å². The standard InChI is InChI=1S/C12H18N2O/c15-12(11-4-6-13-7-5-11)10-14-8-2-1-3-9-14/h4-7,12,15H,1-3,8-10H2/t12-/m0/s1. The molecule has 0 amide bonds. The van der Waals surface area contributed by atoms with E-state index in [1.807, 2.05) is 12.1 Å². The summed E-state index contributed by atoms with van der Waals surface area (Å²) in [5, 5.41) is 10.0. The Bertz CT molecular complexity index is 283. The molecule has 3 heteroatoms. The zero-order valence-electron chi connectivity index (χ0n) is 8.97. The number of rotatable bonds is 3. The van der Waals surface area contributed by atoms with Gasteiger partial charge in [-0.15, -0.1) is 0 Å². The number of pyridine rings is 1. The van der Waals surface area contributed by atoms with Crippen LogP contribution in [-0.2, 0) is 0 Å². The van der Waals surface area contributed by atoms with Crippen molar-refractivity contribution < 1.29 is 5.11 Å². The van der Waals surface area contributed by atoms with E-state index in [-0.39, 0.29) is 6.10 Å². The number of β-amino-alcohol motifs (C(OH)–C–C–N with tert-alkyl or cyclic N) is 1. The summed E-state index contributed by atoms with van der Waals surface area (Å²) in [6.45, 7) is 3.01. The summed E-state index contributed by atoms with van der Waals surface area (Å²) >= 11 is 0. The van der Waals surface area contributed by atoms with E-state index in [1.165, 1.54) is 19.3 Å². The lowest BCUT2D eigenvalue weighted by Gasteiger charge is -2.28. The molecule has 1 fully saturated rings. The fourth-order valence-corrected chi connectivity index (χ4v) is 2.08. The molecule has 0 unspecified atom stereocenters. The summed E-state index contributed by atoms with van der Waals surface area (Å²) in [5.41, 5.74) is 0.968. The van der Waals surface area contributed by atoms with Crippen LogP contribution in [0.2, 0.25) is 0 Å². The summed E-state index contributed by atoms with van der Waals surface area (Å²) in [4.78, 5) is 6.29. The predicted octanol–water partition coefficient (Wildman–Crippen LogP) is 1.60. The third-order valence-corrected chi connectivity index (χ3v) is 2.97. The summed E-state index contributed by atoms with van der Waals surface area (Å²) in [5.74, 6) is 0. The second kappa shape index (κ2) is 5.24. The van der Waals surface area contributed by atoms with E-state index >= 15 is 0 Å². The highest BCUT2D eigenvalue weighted by atomic mass is 16.3. The van der Waals surface area contributed by atoms with E-state index in [9.17, 15) is 5.11 Å². The Kier molecular flexibility index (Phi) is 3.69. The van der Waals surface area contributed by atoms with Crippen LogP contribution >= 0.6 is 0 Å². The number of hydrogen-bond acceptors (Lipinski definition) is 3. The van der Waals surface area contributed by atoms with Crippen molar-refractivity contribution in [2.45, 2.75) is 25.4 Å². The van der Waals surface area contributed by atoms with Crippen molar-refractivity contribution in [2.75, 3.05) is 19.6 Å². The van der Waals surface area contributed by atoms with E-state index in [2.05, 4.69) is 9.88 Å². The van der Waals surface area contributed by atoms with Gasteiger partial charge in [0.25, 0.3) is 0 Å². The topological polar surface area (TPSA) is 36.4 Å². The van der Waals surface area contributed by atoms with Crippen molar-refractivity contribution in [1.82, 2.24) is 9.88 Å². The fourth-order valence-electron chi connectivity index (χ4n) is 2.08. The van der Waals surface area contributed by atoms with Gasteiger partial charge in [0.15, 0.2) is 0 Å². The minimum absolute atomic E-state index is 0.369. The summed E-state index contributed by atoms with van der Waals surface area (Å²) in [6, 6.07) is 3.77. The molecule has 3 nitrogen and oxygen atoms in total. The van der Waals surface area contributed by atoms with E-state index in [1.54, 1.807) is 12.4 Å². The van der Waals surface area contributed by atoms with Crippen LogP contribution in [0, 0.1) is 0 Å². The molecular weight excluding hydrogens is 188 g/mol. The molecule has 1 atom stereocenters. The van der Waals surface area contributed by atoms with Gasteiger partial charge in [-0.05, 0) is 43.6 Å². The highest BCUT2D eigenvalue weighted by Crippen LogP contribution is 2.16. The van der Waals surface area contributed by atoms with Crippen molar-refractivity contribution in [3.8, 4) is 0 Å². The van der Waals surface area contributed by atoms with Gasteiger partial charge in [0.1, 0.15) is 0 Å². The van der Waals surface area contributed by atoms with E-state index in [4.69, 9.17) is 0 Å². The number of hydrogen-bond donors (Lipinski definition) is 1. The van der Waals surface area contributed by atoms with Gasteiger partial charge in [-0.1, -0.05) is 6.42 Å². The maximum absolute atomic E-state index is 10.0. The van der Waals surface area contributed by atoms with Crippen LogP contribution in [0.15, 0.2) is 24.5 Å². The average molecular weight is 206 g/mol. The molecule has 0 aromatic carbocycles. The molecule has 1 aliphatic rings. The van der Waals surface area contributed by atoms with E-state index < -0.39 is 0 Å². The Morgan fingerprint density at radius 3 is 2.53 bits per heavy atom. The predicted molar refractivity (Wildman–Crippen MR) is 59.5 cm³/mol. The lowest BCUT2D eigenvalue weighted by Crippen LogP contribution is -2.33. The Morgan fingerprint density at radius 1 is 1.20 bits per heavy atom. The first-order valence-corrected chi connectivity index (χ1v) is 5.66. The molecule has 82 valence electrons. The first-order chi connectivity index (χ1) is 7.36. The van der Waals surface area contributed by atoms with E-state index in [0.717, 1.165) is 25.2 Å². The molecule has 1 aromatic rings. The maximum atomic E-state index is 10.0. The molecule has 0 spiro atoms. The smallest absolute Gasteiger partial charge is 0.0918 e. The molecule has 1 N–H and O–H groups in total. The normalized spacial score (nSPS) is 20.1. The van der Waals surface area contributed by atoms with Gasteiger partial charge in [0.05, 0.1) is 6.10 Å². The Balaban J connectivity index is 1.88. The quantitative estimate of drug-likeness (QED) is 0.816. The number of nitrogens with zero attached hydrogens (tertiary/aromatic N) is 2. The van der Waals surface area contributed by atoms with Crippen LogP contribution in [-0.4, -0.2) is 34.6 Å². The Hall–Kier alpha value is -0.930. The summed E-state index contributed by atoms with van der Waals surface area (Å²) in [6.07, 6.45) is 6.96. The third-order valence-electron chi connectivity index (χ3n) is 2.97. The average Bonchev–Trinajstić information content (AvgIpc) is 2.31. The highest BCUT2D eigenvalue weighted by Gasteiger charge is 2.15. The van der Waals surface area contributed by atoms with Gasteiger partial charge < -0.3 is 10.0 Å². The van der Waals surface area contributed by atoms with Gasteiger partial charge in [-0.2, -0.15) is 0 Å². The molecule has 15 heavy (non-hydrogen) atoms. The third kappa shape index (κ3) is 3.01. The Labute approximate surface area is 90.8 Å². The number of piperidine rings is 1. The zero-order valence-corrected chi connectivity index (χ0v) is 8.97. The van der Waals surface area contributed by atoms with Crippen LogP contribution in [0.3, 0.4) is 0 Å². The number of aromatic nitrogens is 1. The molecule has 2 heterocycles. The fraction of sp³-hybridized carbons (Fsp3) is 0.583. The molecule has 2 rings (SSSR count). The molecule has 1 aliphatic heterocycles.